The van der Waals surface area contributed by atoms with E-state index < -0.39 is 11.1 Å². The maximum atomic E-state index is 11.8. The summed E-state index contributed by atoms with van der Waals surface area (Å²) in [6, 6.07) is 5.40. The highest BCUT2D eigenvalue weighted by Gasteiger charge is 2.73. The predicted molar refractivity (Wildman–Crippen MR) is 71.7 cm³/mol. The zero-order valence-electron chi connectivity index (χ0n) is 11.5. The van der Waals surface area contributed by atoms with Crippen molar-refractivity contribution in [2.45, 2.75) is 19.4 Å². The molecule has 4 aliphatic rings. The normalized spacial score (nSPS) is 38.1. The Morgan fingerprint density at radius 1 is 1.24 bits per heavy atom. The van der Waals surface area contributed by atoms with Crippen molar-refractivity contribution >= 4 is 11.8 Å². The van der Waals surface area contributed by atoms with Crippen LogP contribution in [0.4, 0.5) is 10.5 Å². The van der Waals surface area contributed by atoms with E-state index in [4.69, 9.17) is 9.47 Å². The van der Waals surface area contributed by atoms with E-state index >= 15 is 0 Å². The van der Waals surface area contributed by atoms with E-state index in [2.05, 4.69) is 6.92 Å². The molecule has 0 radical (unpaired) electrons. The third-order valence-corrected chi connectivity index (χ3v) is 5.40. The van der Waals surface area contributed by atoms with Crippen LogP contribution >= 0.6 is 0 Å². The summed E-state index contributed by atoms with van der Waals surface area (Å²) >= 11 is 0. The minimum Gasteiger partial charge on any atom is -0.430 e. The van der Waals surface area contributed by atoms with Crippen molar-refractivity contribution in [2.75, 3.05) is 0 Å². The van der Waals surface area contributed by atoms with Gasteiger partial charge in [-0.25, -0.2) is 4.79 Å². The summed E-state index contributed by atoms with van der Waals surface area (Å²) < 4.78 is 10.6. The number of hydrogen-bond acceptors (Lipinski definition) is 5. The Balaban J connectivity index is 1.37. The maximum Gasteiger partial charge on any atom is 0.514 e. The average molecular weight is 289 g/mol. The first kappa shape index (κ1) is 12.6. The van der Waals surface area contributed by atoms with E-state index in [1.807, 2.05) is 0 Å². The van der Waals surface area contributed by atoms with Gasteiger partial charge in [0.25, 0.3) is 5.69 Å². The molecular weight excluding hydrogens is 274 g/mol. The van der Waals surface area contributed by atoms with Gasteiger partial charge in [-0.05, 0) is 42.2 Å². The third kappa shape index (κ3) is 1.81. The van der Waals surface area contributed by atoms with E-state index in [0.717, 1.165) is 11.8 Å². The van der Waals surface area contributed by atoms with Crippen LogP contribution in [0.25, 0.3) is 0 Å². The van der Waals surface area contributed by atoms with Gasteiger partial charge in [0.1, 0.15) is 11.9 Å². The topological polar surface area (TPSA) is 78.7 Å². The summed E-state index contributed by atoms with van der Waals surface area (Å²) in [5.74, 6) is 3.42. The van der Waals surface area contributed by atoms with Gasteiger partial charge < -0.3 is 9.47 Å². The Hall–Kier alpha value is -2.11. The van der Waals surface area contributed by atoms with Gasteiger partial charge in [-0.1, -0.05) is 6.92 Å². The molecule has 6 nitrogen and oxygen atoms in total. The molecule has 6 unspecified atom stereocenters. The number of benzene rings is 1. The van der Waals surface area contributed by atoms with Gasteiger partial charge in [0.05, 0.1) is 4.92 Å². The molecule has 5 rings (SSSR count). The first-order valence-corrected chi connectivity index (χ1v) is 7.19. The molecule has 4 fully saturated rings. The van der Waals surface area contributed by atoms with E-state index in [0.29, 0.717) is 17.8 Å². The van der Waals surface area contributed by atoms with Gasteiger partial charge in [0.2, 0.25) is 0 Å². The number of carbonyl (C=O) groups is 1. The molecule has 4 bridgehead atoms. The van der Waals surface area contributed by atoms with Crippen LogP contribution in [0.3, 0.4) is 0 Å². The molecule has 0 aromatic heterocycles. The van der Waals surface area contributed by atoms with Crippen LogP contribution in [0.15, 0.2) is 24.3 Å². The number of rotatable bonds is 3. The van der Waals surface area contributed by atoms with E-state index in [-0.39, 0.29) is 17.5 Å². The second kappa shape index (κ2) is 4.19. The van der Waals surface area contributed by atoms with E-state index in [1.165, 1.54) is 30.7 Å². The fraction of sp³-hybridized carbons (Fsp3) is 0.533. The van der Waals surface area contributed by atoms with Crippen LogP contribution in [-0.2, 0) is 4.74 Å². The lowest BCUT2D eigenvalue weighted by Crippen LogP contribution is -2.25. The number of ether oxygens (including phenoxy) is 2. The first-order valence-electron chi connectivity index (χ1n) is 7.19. The molecule has 4 saturated carbocycles. The summed E-state index contributed by atoms with van der Waals surface area (Å²) in [7, 11) is 0. The molecule has 6 atom stereocenters. The van der Waals surface area contributed by atoms with Crippen molar-refractivity contribution in [3.8, 4) is 5.75 Å². The fourth-order valence-electron chi connectivity index (χ4n) is 4.51. The van der Waals surface area contributed by atoms with Crippen molar-refractivity contribution in [2.24, 2.45) is 29.6 Å². The number of non-ortho nitro benzene ring substituents is 1. The summed E-state index contributed by atoms with van der Waals surface area (Å²) in [6.45, 7) is 2.24. The van der Waals surface area contributed by atoms with Crippen molar-refractivity contribution in [1.82, 2.24) is 0 Å². The van der Waals surface area contributed by atoms with Gasteiger partial charge in [-0.3, -0.25) is 10.1 Å². The van der Waals surface area contributed by atoms with Crippen molar-refractivity contribution < 1.29 is 19.2 Å². The Labute approximate surface area is 121 Å². The quantitative estimate of drug-likeness (QED) is 0.370. The maximum absolute atomic E-state index is 11.8. The second-order valence-corrected chi connectivity index (χ2v) is 6.26. The van der Waals surface area contributed by atoms with Crippen molar-refractivity contribution in [3.63, 3.8) is 0 Å². The Kier molecular flexibility index (Phi) is 2.52. The average Bonchev–Trinajstić information content (AvgIpc) is 2.77. The molecule has 1 aromatic rings. The fourth-order valence-corrected chi connectivity index (χ4v) is 4.51. The predicted octanol–water partition coefficient (Wildman–Crippen LogP) is 3.01. The van der Waals surface area contributed by atoms with Crippen LogP contribution in [-0.4, -0.2) is 17.2 Å². The van der Waals surface area contributed by atoms with Crippen LogP contribution < -0.4 is 4.74 Å². The van der Waals surface area contributed by atoms with E-state index in [9.17, 15) is 14.9 Å². The molecule has 6 heteroatoms. The van der Waals surface area contributed by atoms with Crippen molar-refractivity contribution in [3.05, 3.63) is 34.4 Å². The molecule has 0 spiro atoms. The molecule has 0 N–H and O–H groups in total. The van der Waals surface area contributed by atoms with E-state index in [1.54, 1.807) is 0 Å². The lowest BCUT2D eigenvalue weighted by atomic mass is 9.99. The molecule has 1 aromatic carbocycles. The Bertz CT molecular complexity index is 613. The minimum absolute atomic E-state index is 0.000508. The monoisotopic (exact) mass is 289 g/mol. The van der Waals surface area contributed by atoms with Crippen LogP contribution in [0.5, 0.6) is 5.75 Å². The minimum atomic E-state index is -0.709. The highest BCUT2D eigenvalue weighted by atomic mass is 16.7. The van der Waals surface area contributed by atoms with Crippen LogP contribution in [0, 0.1) is 39.7 Å². The number of nitro benzene ring substituents is 1. The first-order chi connectivity index (χ1) is 10.1. The number of carbonyl (C=O) groups excluding carboxylic acids is 1. The zero-order chi connectivity index (χ0) is 14.7. The van der Waals surface area contributed by atoms with Gasteiger partial charge in [-0.15, -0.1) is 0 Å². The molecular formula is C15H15NO5. The van der Waals surface area contributed by atoms with Crippen LogP contribution in [0.2, 0.25) is 0 Å². The highest BCUT2D eigenvalue weighted by molar-refractivity contribution is 5.64. The molecule has 21 heavy (non-hydrogen) atoms. The molecule has 4 aliphatic carbocycles. The summed E-state index contributed by atoms with van der Waals surface area (Å²) in [5, 5.41) is 10.5. The number of nitrogens with zero attached hydrogens (tertiary/aromatic N) is 1. The summed E-state index contributed by atoms with van der Waals surface area (Å²) in [5.41, 5.74) is -0.0398. The highest BCUT2D eigenvalue weighted by Crippen LogP contribution is 2.73. The van der Waals surface area contributed by atoms with Gasteiger partial charge in [0, 0.05) is 18.1 Å². The third-order valence-electron chi connectivity index (χ3n) is 5.40. The molecule has 0 heterocycles. The van der Waals surface area contributed by atoms with Gasteiger partial charge in [0.15, 0.2) is 0 Å². The zero-order valence-corrected chi connectivity index (χ0v) is 11.5. The SMILES string of the molecule is CC1C2CC3C1C3C2OC(=O)Oc1ccc([N+](=O)[O-])cc1. The Morgan fingerprint density at radius 3 is 2.43 bits per heavy atom. The standard InChI is InChI=1S/C15H15NO5/c1-7-10-6-11-12(7)13(11)14(10)21-15(17)20-9-4-2-8(3-5-9)16(18)19/h2-5,7,10-14H,6H2,1H3. The number of nitro groups is 1. The van der Waals surface area contributed by atoms with Crippen LogP contribution in [0.1, 0.15) is 13.3 Å². The Morgan fingerprint density at radius 2 is 1.95 bits per heavy atom. The molecule has 0 amide bonds. The van der Waals surface area contributed by atoms with Crippen molar-refractivity contribution in [1.29, 1.82) is 0 Å². The largest absolute Gasteiger partial charge is 0.514 e. The lowest BCUT2D eigenvalue weighted by Gasteiger charge is -2.17. The lowest BCUT2D eigenvalue weighted by molar-refractivity contribution is -0.384. The molecule has 0 saturated heterocycles. The molecule has 110 valence electrons. The van der Waals surface area contributed by atoms with Gasteiger partial charge in [-0.2, -0.15) is 0 Å². The number of hydrogen-bond donors (Lipinski definition) is 0. The summed E-state index contributed by atoms with van der Waals surface area (Å²) in [6.07, 6.45) is 0.464. The van der Waals surface area contributed by atoms with Gasteiger partial charge >= 0.3 is 6.16 Å². The summed E-state index contributed by atoms with van der Waals surface area (Å²) in [4.78, 5) is 21.9. The smallest absolute Gasteiger partial charge is 0.430 e. The second-order valence-electron chi connectivity index (χ2n) is 6.26. The molecule has 0 aliphatic heterocycles.